The Morgan fingerprint density at radius 3 is 2.42 bits per heavy atom. The van der Waals surface area contributed by atoms with E-state index in [-0.39, 0.29) is 11.7 Å². The van der Waals surface area contributed by atoms with E-state index >= 15 is 0 Å². The average Bonchev–Trinajstić information content (AvgIpc) is 2.86. The molecule has 0 saturated carbocycles. The fourth-order valence-electron chi connectivity index (χ4n) is 4.30. The first-order valence-electron chi connectivity index (χ1n) is 12.3. The number of aromatic nitrogens is 3. The van der Waals surface area contributed by atoms with Gasteiger partial charge in [0, 0.05) is 31.4 Å². The number of hydrogen-bond acceptors (Lipinski definition) is 8. The first kappa shape index (κ1) is 27.1. The minimum Gasteiger partial charge on any atom is -0.406 e. The lowest BCUT2D eigenvalue weighted by molar-refractivity contribution is -0.274. The molecule has 0 aliphatic carbocycles. The Kier molecular flexibility index (Phi) is 8.62. The van der Waals surface area contributed by atoms with Crippen LogP contribution < -0.4 is 20.7 Å². The van der Waals surface area contributed by atoms with Gasteiger partial charge < -0.3 is 20.7 Å². The second kappa shape index (κ2) is 12.1. The maximum atomic E-state index is 12.3. The lowest BCUT2D eigenvalue weighted by Gasteiger charge is -2.32. The van der Waals surface area contributed by atoms with E-state index in [1.54, 1.807) is 12.1 Å². The number of anilines is 4. The standard InChI is InChI=1S/C26H30F3N7O2/c1-17-22(33-18(2)37)4-3-5-23(17)34-25-32-16-31-24(35-25)30-14-19-10-12-36(13-11-19)15-20-6-8-21(9-7-20)38-26(27,28)29/h3-9,16,19H,10-15H2,1-2H3,(H,33,37)(H2,30,31,32,34,35). The number of hydrogen-bond donors (Lipinski definition) is 3. The number of halogens is 3. The van der Waals surface area contributed by atoms with Crippen LogP contribution in [0.4, 0.5) is 36.4 Å². The van der Waals surface area contributed by atoms with E-state index in [9.17, 15) is 18.0 Å². The van der Waals surface area contributed by atoms with Gasteiger partial charge in [0.25, 0.3) is 0 Å². The molecule has 3 N–H and O–H groups in total. The number of nitrogens with one attached hydrogen (secondary N) is 3. The van der Waals surface area contributed by atoms with Crippen molar-refractivity contribution in [2.75, 3.05) is 35.6 Å². The van der Waals surface area contributed by atoms with Gasteiger partial charge in [-0.15, -0.1) is 13.2 Å². The molecular formula is C26H30F3N7O2. The van der Waals surface area contributed by atoms with Crippen LogP contribution in [0.5, 0.6) is 5.75 Å². The number of carbonyl (C=O) groups is 1. The molecule has 2 heterocycles. The van der Waals surface area contributed by atoms with Gasteiger partial charge in [0.15, 0.2) is 0 Å². The molecule has 0 unspecified atom stereocenters. The molecule has 1 saturated heterocycles. The average molecular weight is 530 g/mol. The fraction of sp³-hybridized carbons (Fsp3) is 0.385. The number of benzene rings is 2. The summed E-state index contributed by atoms with van der Waals surface area (Å²) in [6, 6.07) is 11.6. The summed E-state index contributed by atoms with van der Waals surface area (Å²) >= 11 is 0. The molecule has 1 aromatic heterocycles. The Morgan fingerprint density at radius 1 is 1.05 bits per heavy atom. The molecule has 1 aliphatic rings. The third kappa shape index (κ3) is 8.04. The van der Waals surface area contributed by atoms with Crippen molar-refractivity contribution in [1.29, 1.82) is 0 Å². The Balaban J connectivity index is 1.24. The van der Waals surface area contributed by atoms with Gasteiger partial charge in [-0.1, -0.05) is 18.2 Å². The second-order valence-corrected chi connectivity index (χ2v) is 9.21. The predicted molar refractivity (Wildman–Crippen MR) is 138 cm³/mol. The van der Waals surface area contributed by atoms with Gasteiger partial charge in [-0.2, -0.15) is 4.98 Å². The van der Waals surface area contributed by atoms with E-state index in [1.165, 1.54) is 25.4 Å². The summed E-state index contributed by atoms with van der Waals surface area (Å²) in [5.41, 5.74) is 3.31. The molecule has 0 radical (unpaired) electrons. The zero-order valence-electron chi connectivity index (χ0n) is 21.2. The third-order valence-corrected chi connectivity index (χ3v) is 6.28. The van der Waals surface area contributed by atoms with Crippen LogP contribution in [-0.2, 0) is 11.3 Å². The van der Waals surface area contributed by atoms with E-state index in [0.29, 0.717) is 30.0 Å². The van der Waals surface area contributed by atoms with Gasteiger partial charge >= 0.3 is 6.36 Å². The van der Waals surface area contributed by atoms with Crippen molar-refractivity contribution in [1.82, 2.24) is 19.9 Å². The number of piperidine rings is 1. The van der Waals surface area contributed by atoms with Gasteiger partial charge in [-0.25, -0.2) is 9.97 Å². The molecular weight excluding hydrogens is 499 g/mol. The first-order valence-corrected chi connectivity index (χ1v) is 12.3. The van der Waals surface area contributed by atoms with E-state index in [1.807, 2.05) is 25.1 Å². The number of likely N-dealkylation sites (tertiary alicyclic amines) is 1. The van der Waals surface area contributed by atoms with Crippen molar-refractivity contribution in [2.24, 2.45) is 5.92 Å². The van der Waals surface area contributed by atoms with Gasteiger partial charge in [0.1, 0.15) is 12.1 Å². The van der Waals surface area contributed by atoms with Gasteiger partial charge in [0.2, 0.25) is 17.8 Å². The summed E-state index contributed by atoms with van der Waals surface area (Å²) in [4.78, 5) is 26.6. The molecule has 38 heavy (non-hydrogen) atoms. The topological polar surface area (TPSA) is 104 Å². The summed E-state index contributed by atoms with van der Waals surface area (Å²) in [6.45, 7) is 6.54. The van der Waals surface area contributed by atoms with E-state index in [2.05, 4.69) is 40.5 Å². The minimum absolute atomic E-state index is 0.142. The predicted octanol–water partition coefficient (Wildman–Crippen LogP) is 5.10. The number of nitrogens with zero attached hydrogens (tertiary/aromatic N) is 4. The summed E-state index contributed by atoms with van der Waals surface area (Å²) in [6.07, 6.45) is -1.28. The van der Waals surface area contributed by atoms with Crippen molar-refractivity contribution < 1.29 is 22.7 Å². The fourth-order valence-corrected chi connectivity index (χ4v) is 4.30. The zero-order chi connectivity index (χ0) is 27.1. The van der Waals surface area contributed by atoms with Crippen molar-refractivity contribution in [3.8, 4) is 5.75 Å². The molecule has 2 aromatic carbocycles. The molecule has 1 fully saturated rings. The van der Waals surface area contributed by atoms with Crippen LogP contribution in [0.1, 0.15) is 30.9 Å². The van der Waals surface area contributed by atoms with Crippen LogP contribution in [0, 0.1) is 12.8 Å². The van der Waals surface area contributed by atoms with E-state index in [0.717, 1.165) is 49.3 Å². The number of alkyl halides is 3. The molecule has 0 bridgehead atoms. The zero-order valence-corrected chi connectivity index (χ0v) is 21.2. The summed E-state index contributed by atoms with van der Waals surface area (Å²) in [7, 11) is 0. The lowest BCUT2D eigenvalue weighted by Crippen LogP contribution is -2.35. The van der Waals surface area contributed by atoms with E-state index in [4.69, 9.17) is 0 Å². The van der Waals surface area contributed by atoms with Crippen molar-refractivity contribution >= 4 is 29.2 Å². The number of ether oxygens (including phenoxy) is 1. The quantitative estimate of drug-likeness (QED) is 0.352. The molecule has 0 spiro atoms. The Hall–Kier alpha value is -3.93. The number of carbonyl (C=O) groups excluding carboxylic acids is 1. The molecule has 1 amide bonds. The number of amides is 1. The van der Waals surface area contributed by atoms with Crippen LogP contribution in [0.15, 0.2) is 48.8 Å². The van der Waals surface area contributed by atoms with Crippen LogP contribution in [0.25, 0.3) is 0 Å². The molecule has 9 nitrogen and oxygen atoms in total. The molecule has 1 aliphatic heterocycles. The highest BCUT2D eigenvalue weighted by molar-refractivity contribution is 5.90. The SMILES string of the molecule is CC(=O)Nc1cccc(Nc2ncnc(NCC3CCN(Cc4ccc(OC(F)(F)F)cc4)CC3)n2)c1C. The summed E-state index contributed by atoms with van der Waals surface area (Å²) < 4.78 is 40.9. The number of rotatable bonds is 9. The maximum Gasteiger partial charge on any atom is 0.573 e. The lowest BCUT2D eigenvalue weighted by atomic mass is 9.96. The van der Waals surface area contributed by atoms with Crippen LogP contribution in [-0.4, -0.2) is 51.8 Å². The first-order chi connectivity index (χ1) is 18.1. The normalized spacial score (nSPS) is 14.7. The van der Waals surface area contributed by atoms with Crippen molar-refractivity contribution in [3.05, 3.63) is 59.9 Å². The molecule has 0 atom stereocenters. The summed E-state index contributed by atoms with van der Waals surface area (Å²) in [5.74, 6) is 0.958. The second-order valence-electron chi connectivity index (χ2n) is 9.21. The molecule has 202 valence electrons. The maximum absolute atomic E-state index is 12.3. The third-order valence-electron chi connectivity index (χ3n) is 6.28. The Morgan fingerprint density at radius 2 is 1.74 bits per heavy atom. The van der Waals surface area contributed by atoms with Gasteiger partial charge in [-0.05, 0) is 74.2 Å². The highest BCUT2D eigenvalue weighted by Gasteiger charge is 2.31. The monoisotopic (exact) mass is 529 g/mol. The van der Waals surface area contributed by atoms with Crippen molar-refractivity contribution in [2.45, 2.75) is 39.6 Å². The molecule has 3 aromatic rings. The molecule has 4 rings (SSSR count). The minimum atomic E-state index is -4.68. The Labute approximate surface area is 218 Å². The highest BCUT2D eigenvalue weighted by atomic mass is 19.4. The molecule has 12 heteroatoms. The summed E-state index contributed by atoms with van der Waals surface area (Å²) in [5, 5.41) is 9.29. The highest BCUT2D eigenvalue weighted by Crippen LogP contribution is 2.26. The Bertz CT molecular complexity index is 1230. The van der Waals surface area contributed by atoms with Gasteiger partial charge in [0.05, 0.1) is 0 Å². The van der Waals surface area contributed by atoms with Crippen LogP contribution in [0.3, 0.4) is 0 Å². The van der Waals surface area contributed by atoms with E-state index < -0.39 is 6.36 Å². The smallest absolute Gasteiger partial charge is 0.406 e. The largest absolute Gasteiger partial charge is 0.573 e. The van der Waals surface area contributed by atoms with Crippen LogP contribution in [0.2, 0.25) is 0 Å². The van der Waals surface area contributed by atoms with Gasteiger partial charge in [-0.3, -0.25) is 9.69 Å². The van der Waals surface area contributed by atoms with Crippen LogP contribution >= 0.6 is 0 Å². The van der Waals surface area contributed by atoms with Crippen molar-refractivity contribution in [3.63, 3.8) is 0 Å².